The SMILES string of the molecule is Cc1ccc(N)cc1Nc1ccc2ncsc2c1. The van der Waals surface area contributed by atoms with Crippen LogP contribution >= 0.6 is 11.3 Å². The maximum Gasteiger partial charge on any atom is 0.0813 e. The van der Waals surface area contributed by atoms with Crippen molar-refractivity contribution in [2.24, 2.45) is 0 Å². The van der Waals surface area contributed by atoms with Crippen LogP contribution in [0.3, 0.4) is 0 Å². The van der Waals surface area contributed by atoms with Gasteiger partial charge in [0.05, 0.1) is 15.7 Å². The minimum atomic E-state index is 0.766. The Balaban J connectivity index is 1.97. The number of hydrogen-bond donors (Lipinski definition) is 2. The van der Waals surface area contributed by atoms with Crippen LogP contribution in [0.15, 0.2) is 41.9 Å². The highest BCUT2D eigenvalue weighted by atomic mass is 32.1. The van der Waals surface area contributed by atoms with E-state index in [9.17, 15) is 0 Å². The molecule has 3 aromatic rings. The Bertz CT molecular complexity index is 703. The summed E-state index contributed by atoms with van der Waals surface area (Å²) in [5.74, 6) is 0. The lowest BCUT2D eigenvalue weighted by Gasteiger charge is -2.10. The van der Waals surface area contributed by atoms with Crippen LogP contribution in [0, 0.1) is 6.92 Å². The third-order valence-corrected chi connectivity index (χ3v) is 3.66. The van der Waals surface area contributed by atoms with Gasteiger partial charge in [-0.2, -0.15) is 0 Å². The first-order valence-electron chi connectivity index (χ1n) is 5.69. The second-order valence-corrected chi connectivity index (χ2v) is 5.12. The monoisotopic (exact) mass is 255 g/mol. The highest BCUT2D eigenvalue weighted by molar-refractivity contribution is 7.16. The number of anilines is 3. The van der Waals surface area contributed by atoms with E-state index in [0.29, 0.717) is 0 Å². The van der Waals surface area contributed by atoms with Crippen LogP contribution in [-0.4, -0.2) is 4.98 Å². The first-order valence-corrected chi connectivity index (χ1v) is 6.57. The highest BCUT2D eigenvalue weighted by Gasteiger charge is 2.02. The summed E-state index contributed by atoms with van der Waals surface area (Å²) < 4.78 is 1.18. The van der Waals surface area contributed by atoms with Crippen molar-refractivity contribution < 1.29 is 0 Å². The second-order valence-electron chi connectivity index (χ2n) is 4.23. The third kappa shape index (κ3) is 2.02. The van der Waals surface area contributed by atoms with E-state index in [1.165, 1.54) is 10.3 Å². The molecule has 0 aliphatic carbocycles. The summed E-state index contributed by atoms with van der Waals surface area (Å²) in [4.78, 5) is 4.27. The number of thiazole rings is 1. The number of hydrogen-bond acceptors (Lipinski definition) is 4. The Labute approximate surface area is 109 Å². The van der Waals surface area contributed by atoms with Gasteiger partial charge in [-0.1, -0.05) is 6.07 Å². The van der Waals surface area contributed by atoms with E-state index in [1.54, 1.807) is 11.3 Å². The molecule has 0 unspecified atom stereocenters. The molecule has 0 aliphatic rings. The molecule has 0 amide bonds. The van der Waals surface area contributed by atoms with Crippen LogP contribution < -0.4 is 11.1 Å². The van der Waals surface area contributed by atoms with Crippen LogP contribution in [0.1, 0.15) is 5.56 Å². The Morgan fingerprint density at radius 3 is 2.94 bits per heavy atom. The van der Waals surface area contributed by atoms with Gasteiger partial charge in [0.25, 0.3) is 0 Å². The van der Waals surface area contributed by atoms with E-state index in [2.05, 4.69) is 23.3 Å². The molecule has 3 rings (SSSR count). The fraction of sp³-hybridized carbons (Fsp3) is 0.0714. The number of nitrogens with zero attached hydrogens (tertiary/aromatic N) is 1. The van der Waals surface area contributed by atoms with Gasteiger partial charge in [-0.05, 0) is 42.8 Å². The number of benzene rings is 2. The van der Waals surface area contributed by atoms with Crippen molar-refractivity contribution in [3.05, 3.63) is 47.5 Å². The maximum atomic E-state index is 5.81. The topological polar surface area (TPSA) is 50.9 Å². The van der Waals surface area contributed by atoms with Crippen molar-refractivity contribution in [3.8, 4) is 0 Å². The molecule has 18 heavy (non-hydrogen) atoms. The van der Waals surface area contributed by atoms with Crippen LogP contribution in [0.2, 0.25) is 0 Å². The van der Waals surface area contributed by atoms with E-state index in [0.717, 1.165) is 22.6 Å². The van der Waals surface area contributed by atoms with E-state index >= 15 is 0 Å². The molecule has 1 aromatic heterocycles. The second kappa shape index (κ2) is 4.31. The van der Waals surface area contributed by atoms with Crippen LogP contribution in [0.4, 0.5) is 17.1 Å². The maximum absolute atomic E-state index is 5.81. The first-order chi connectivity index (χ1) is 8.72. The summed E-state index contributed by atoms with van der Waals surface area (Å²) in [6, 6.07) is 12.0. The van der Waals surface area contributed by atoms with E-state index in [-0.39, 0.29) is 0 Å². The van der Waals surface area contributed by atoms with Gasteiger partial charge in [0.15, 0.2) is 0 Å². The van der Waals surface area contributed by atoms with E-state index in [1.807, 2.05) is 35.8 Å². The number of aromatic nitrogens is 1. The summed E-state index contributed by atoms with van der Waals surface area (Å²) in [5, 5.41) is 3.39. The Hall–Kier alpha value is -2.07. The zero-order valence-corrected chi connectivity index (χ0v) is 10.8. The Morgan fingerprint density at radius 1 is 1.17 bits per heavy atom. The van der Waals surface area contributed by atoms with Crippen LogP contribution in [-0.2, 0) is 0 Å². The summed E-state index contributed by atoms with van der Waals surface area (Å²) in [6.07, 6.45) is 0. The first kappa shape index (κ1) is 11.0. The molecule has 90 valence electrons. The van der Waals surface area contributed by atoms with Crippen LogP contribution in [0.5, 0.6) is 0 Å². The molecule has 0 bridgehead atoms. The normalized spacial score (nSPS) is 10.7. The number of nitrogens with two attached hydrogens (primary N) is 1. The average molecular weight is 255 g/mol. The van der Waals surface area contributed by atoms with E-state index < -0.39 is 0 Å². The lowest BCUT2D eigenvalue weighted by Crippen LogP contribution is -1.94. The molecule has 3 N–H and O–H groups in total. The van der Waals surface area contributed by atoms with Gasteiger partial charge in [0, 0.05) is 17.1 Å². The molecule has 0 radical (unpaired) electrons. The molecule has 2 aromatic carbocycles. The van der Waals surface area contributed by atoms with Gasteiger partial charge in [-0.25, -0.2) is 4.98 Å². The molecule has 0 aliphatic heterocycles. The van der Waals surface area contributed by atoms with Crippen molar-refractivity contribution in [3.63, 3.8) is 0 Å². The van der Waals surface area contributed by atoms with Gasteiger partial charge in [-0.15, -0.1) is 11.3 Å². The smallest absolute Gasteiger partial charge is 0.0813 e. The Morgan fingerprint density at radius 2 is 2.06 bits per heavy atom. The number of fused-ring (bicyclic) bond motifs is 1. The fourth-order valence-corrected chi connectivity index (χ4v) is 2.58. The number of nitrogens with one attached hydrogen (secondary N) is 1. The quantitative estimate of drug-likeness (QED) is 0.682. The zero-order chi connectivity index (χ0) is 12.5. The number of nitrogen functional groups attached to an aromatic ring is 1. The molecule has 0 saturated heterocycles. The zero-order valence-electron chi connectivity index (χ0n) is 9.97. The van der Waals surface area contributed by atoms with Gasteiger partial charge < -0.3 is 11.1 Å². The lowest BCUT2D eigenvalue weighted by atomic mass is 10.1. The van der Waals surface area contributed by atoms with Crippen molar-refractivity contribution in [1.82, 2.24) is 4.98 Å². The fourth-order valence-electron chi connectivity index (χ4n) is 1.86. The summed E-state index contributed by atoms with van der Waals surface area (Å²) in [5.41, 5.74) is 12.7. The molecule has 0 spiro atoms. The molecule has 3 nitrogen and oxygen atoms in total. The minimum absolute atomic E-state index is 0.766. The molecule has 1 heterocycles. The van der Waals surface area contributed by atoms with Gasteiger partial charge in [0.1, 0.15) is 0 Å². The highest BCUT2D eigenvalue weighted by Crippen LogP contribution is 2.26. The van der Waals surface area contributed by atoms with Crippen LogP contribution in [0.25, 0.3) is 10.2 Å². The summed E-state index contributed by atoms with van der Waals surface area (Å²) in [7, 11) is 0. The molecule has 0 atom stereocenters. The molecular formula is C14H13N3S. The van der Waals surface area contributed by atoms with Crippen molar-refractivity contribution in [1.29, 1.82) is 0 Å². The van der Waals surface area contributed by atoms with Crippen molar-refractivity contribution in [2.45, 2.75) is 6.92 Å². The minimum Gasteiger partial charge on any atom is -0.399 e. The third-order valence-electron chi connectivity index (χ3n) is 2.87. The van der Waals surface area contributed by atoms with Gasteiger partial charge in [0.2, 0.25) is 0 Å². The van der Waals surface area contributed by atoms with Gasteiger partial charge >= 0.3 is 0 Å². The Kier molecular flexibility index (Phi) is 2.64. The largest absolute Gasteiger partial charge is 0.399 e. The summed E-state index contributed by atoms with van der Waals surface area (Å²) >= 11 is 1.64. The number of rotatable bonds is 2. The molecule has 0 saturated carbocycles. The van der Waals surface area contributed by atoms with Crippen molar-refractivity contribution >= 4 is 38.6 Å². The summed E-state index contributed by atoms with van der Waals surface area (Å²) in [6.45, 7) is 2.06. The molecule has 4 heteroatoms. The predicted molar refractivity (Wildman–Crippen MR) is 78.5 cm³/mol. The van der Waals surface area contributed by atoms with E-state index in [4.69, 9.17) is 5.73 Å². The number of aryl methyl sites for hydroxylation is 1. The van der Waals surface area contributed by atoms with Gasteiger partial charge in [-0.3, -0.25) is 0 Å². The molecule has 0 fully saturated rings. The predicted octanol–water partition coefficient (Wildman–Crippen LogP) is 3.93. The lowest BCUT2D eigenvalue weighted by molar-refractivity contribution is 1.43. The standard InChI is InChI=1S/C14H13N3S/c1-9-2-3-10(15)6-13(9)17-11-4-5-12-14(7-11)18-8-16-12/h2-8,17H,15H2,1H3. The average Bonchev–Trinajstić information content (AvgIpc) is 2.81. The molecular weight excluding hydrogens is 242 g/mol. The van der Waals surface area contributed by atoms with Crippen molar-refractivity contribution in [2.75, 3.05) is 11.1 Å².